The minimum Gasteiger partial charge on any atom is -0.352 e. The van der Waals surface area contributed by atoms with Gasteiger partial charge in [-0.25, -0.2) is 0 Å². The van der Waals surface area contributed by atoms with Crippen LogP contribution in [0.5, 0.6) is 0 Å². The van der Waals surface area contributed by atoms with Crippen molar-refractivity contribution in [2.75, 3.05) is 13.1 Å². The monoisotopic (exact) mass is 170 g/mol. The van der Waals surface area contributed by atoms with Crippen LogP contribution in [0.25, 0.3) is 0 Å². The van der Waals surface area contributed by atoms with Gasteiger partial charge in [0.15, 0.2) is 0 Å². The van der Waals surface area contributed by atoms with Gasteiger partial charge in [-0.05, 0) is 33.7 Å². The molecule has 0 radical (unpaired) electrons. The molecule has 0 fully saturated rings. The average Bonchev–Trinajstić information content (AvgIpc) is 2.03. The Morgan fingerprint density at radius 3 is 2.33 bits per heavy atom. The molecule has 0 atom stereocenters. The molecule has 0 unspecified atom stereocenters. The Bertz CT molecular complexity index is 181. The molecule has 3 nitrogen and oxygen atoms in total. The molecule has 0 saturated carbocycles. The lowest BCUT2D eigenvalue weighted by atomic mass is 10.1. The van der Waals surface area contributed by atoms with Crippen LogP contribution in [-0.2, 0) is 4.79 Å². The van der Waals surface area contributed by atoms with Crippen LogP contribution in [-0.4, -0.2) is 19.0 Å². The smallest absolute Gasteiger partial charge is 0.246 e. The van der Waals surface area contributed by atoms with Crippen LogP contribution in [0, 0.1) is 0 Å². The van der Waals surface area contributed by atoms with Gasteiger partial charge in [0, 0.05) is 12.1 Å². The van der Waals surface area contributed by atoms with E-state index in [1.807, 2.05) is 20.8 Å². The zero-order chi connectivity index (χ0) is 9.56. The van der Waals surface area contributed by atoms with Gasteiger partial charge in [0.2, 0.25) is 5.91 Å². The van der Waals surface area contributed by atoms with Crippen LogP contribution < -0.4 is 11.1 Å². The minimum absolute atomic E-state index is 0.0171. The number of carbonyl (C=O) groups excluding carboxylic acids is 1. The standard InChI is InChI=1S/C9H18N2O/c1-7(2)8(3)9(12)11-6-4-5-10/h4-6,10H2,1-3H3,(H,11,12). The Kier molecular flexibility index (Phi) is 5.37. The first kappa shape index (κ1) is 11.2. The molecule has 0 aliphatic carbocycles. The summed E-state index contributed by atoms with van der Waals surface area (Å²) in [5.74, 6) is 0.0171. The summed E-state index contributed by atoms with van der Waals surface area (Å²) in [5, 5.41) is 2.79. The second kappa shape index (κ2) is 5.77. The second-order valence-electron chi connectivity index (χ2n) is 3.02. The van der Waals surface area contributed by atoms with Crippen LogP contribution in [0.1, 0.15) is 27.2 Å². The minimum atomic E-state index is 0.0171. The van der Waals surface area contributed by atoms with Crippen LogP contribution in [0.4, 0.5) is 0 Å². The molecule has 1 amide bonds. The summed E-state index contributed by atoms with van der Waals surface area (Å²) < 4.78 is 0. The van der Waals surface area contributed by atoms with E-state index >= 15 is 0 Å². The van der Waals surface area contributed by atoms with E-state index in [1.54, 1.807) is 0 Å². The second-order valence-corrected chi connectivity index (χ2v) is 3.02. The maximum absolute atomic E-state index is 11.2. The molecule has 0 aromatic carbocycles. The first-order valence-corrected chi connectivity index (χ1v) is 4.22. The molecular formula is C9H18N2O. The summed E-state index contributed by atoms with van der Waals surface area (Å²) >= 11 is 0. The van der Waals surface area contributed by atoms with E-state index in [2.05, 4.69) is 5.32 Å². The fourth-order valence-electron chi connectivity index (χ4n) is 0.664. The highest BCUT2D eigenvalue weighted by molar-refractivity contribution is 5.93. The molecule has 0 rings (SSSR count). The highest BCUT2D eigenvalue weighted by Gasteiger charge is 2.03. The predicted octanol–water partition coefficient (Wildman–Crippen LogP) is 0.808. The number of hydrogen-bond donors (Lipinski definition) is 2. The number of carbonyl (C=O) groups is 1. The van der Waals surface area contributed by atoms with Gasteiger partial charge in [-0.1, -0.05) is 5.57 Å². The van der Waals surface area contributed by atoms with E-state index in [4.69, 9.17) is 5.73 Å². The molecule has 0 heterocycles. The highest BCUT2D eigenvalue weighted by atomic mass is 16.1. The summed E-state index contributed by atoms with van der Waals surface area (Å²) in [6.07, 6.45) is 0.835. The maximum atomic E-state index is 11.2. The van der Waals surface area contributed by atoms with Gasteiger partial charge >= 0.3 is 0 Å². The van der Waals surface area contributed by atoms with Crippen molar-refractivity contribution in [3.05, 3.63) is 11.1 Å². The summed E-state index contributed by atoms with van der Waals surface area (Å²) in [7, 11) is 0. The fraction of sp³-hybridized carbons (Fsp3) is 0.667. The first-order valence-electron chi connectivity index (χ1n) is 4.22. The molecule has 0 spiro atoms. The normalized spacial score (nSPS) is 9.33. The largest absolute Gasteiger partial charge is 0.352 e. The van der Waals surface area contributed by atoms with Crippen LogP contribution in [0.3, 0.4) is 0 Å². The van der Waals surface area contributed by atoms with Crippen LogP contribution in [0.2, 0.25) is 0 Å². The van der Waals surface area contributed by atoms with Crippen molar-refractivity contribution in [1.82, 2.24) is 5.32 Å². The van der Waals surface area contributed by atoms with E-state index < -0.39 is 0 Å². The lowest BCUT2D eigenvalue weighted by Gasteiger charge is -2.05. The van der Waals surface area contributed by atoms with Gasteiger partial charge in [0.1, 0.15) is 0 Å². The van der Waals surface area contributed by atoms with Gasteiger partial charge < -0.3 is 11.1 Å². The van der Waals surface area contributed by atoms with Crippen LogP contribution >= 0.6 is 0 Å². The number of allylic oxidation sites excluding steroid dienone is 1. The molecule has 0 bridgehead atoms. The number of amides is 1. The molecule has 12 heavy (non-hydrogen) atoms. The Morgan fingerprint density at radius 1 is 1.33 bits per heavy atom. The Hall–Kier alpha value is -0.830. The zero-order valence-corrected chi connectivity index (χ0v) is 8.11. The number of nitrogens with two attached hydrogens (primary N) is 1. The van der Waals surface area contributed by atoms with Gasteiger partial charge in [0.25, 0.3) is 0 Å². The summed E-state index contributed by atoms with van der Waals surface area (Å²) in [6.45, 7) is 6.97. The molecule has 0 aromatic rings. The molecule has 0 aliphatic heterocycles. The van der Waals surface area contributed by atoms with E-state index in [0.717, 1.165) is 17.6 Å². The summed E-state index contributed by atoms with van der Waals surface area (Å²) in [6, 6.07) is 0. The van der Waals surface area contributed by atoms with Crippen molar-refractivity contribution in [3.63, 3.8) is 0 Å². The van der Waals surface area contributed by atoms with Gasteiger partial charge in [-0.15, -0.1) is 0 Å². The SMILES string of the molecule is CC(C)=C(C)C(=O)NCCCN. The molecule has 3 heteroatoms. The number of rotatable bonds is 4. The van der Waals surface area contributed by atoms with Crippen molar-refractivity contribution >= 4 is 5.91 Å². The first-order chi connectivity index (χ1) is 5.59. The van der Waals surface area contributed by atoms with Crippen molar-refractivity contribution in [1.29, 1.82) is 0 Å². The summed E-state index contributed by atoms with van der Waals surface area (Å²) in [4.78, 5) is 11.2. The number of nitrogens with one attached hydrogen (secondary N) is 1. The maximum Gasteiger partial charge on any atom is 0.246 e. The lowest BCUT2D eigenvalue weighted by Crippen LogP contribution is -2.26. The molecule has 70 valence electrons. The van der Waals surface area contributed by atoms with Crippen molar-refractivity contribution in [3.8, 4) is 0 Å². The average molecular weight is 170 g/mol. The third-order valence-corrected chi connectivity index (χ3v) is 1.76. The van der Waals surface area contributed by atoms with Crippen molar-refractivity contribution in [2.45, 2.75) is 27.2 Å². The quantitative estimate of drug-likeness (QED) is 0.484. The highest BCUT2D eigenvalue weighted by Crippen LogP contribution is 2.00. The molecule has 0 aliphatic rings. The fourth-order valence-corrected chi connectivity index (χ4v) is 0.664. The third kappa shape index (κ3) is 4.13. The predicted molar refractivity (Wildman–Crippen MR) is 50.7 cm³/mol. The van der Waals surface area contributed by atoms with E-state index in [-0.39, 0.29) is 5.91 Å². The van der Waals surface area contributed by atoms with E-state index in [9.17, 15) is 4.79 Å². The van der Waals surface area contributed by atoms with E-state index in [1.165, 1.54) is 0 Å². The third-order valence-electron chi connectivity index (χ3n) is 1.76. The van der Waals surface area contributed by atoms with E-state index in [0.29, 0.717) is 13.1 Å². The molecule has 3 N–H and O–H groups in total. The van der Waals surface area contributed by atoms with Gasteiger partial charge in [-0.3, -0.25) is 4.79 Å². The lowest BCUT2D eigenvalue weighted by molar-refractivity contribution is -0.117. The molecule has 0 saturated heterocycles. The zero-order valence-electron chi connectivity index (χ0n) is 8.11. The Labute approximate surface area is 74.0 Å². The van der Waals surface area contributed by atoms with Crippen molar-refractivity contribution < 1.29 is 4.79 Å². The summed E-state index contributed by atoms with van der Waals surface area (Å²) in [5.41, 5.74) is 7.14. The van der Waals surface area contributed by atoms with Gasteiger partial charge in [0.05, 0.1) is 0 Å². The molecular weight excluding hydrogens is 152 g/mol. The number of hydrogen-bond acceptors (Lipinski definition) is 2. The van der Waals surface area contributed by atoms with Gasteiger partial charge in [-0.2, -0.15) is 0 Å². The molecule has 0 aromatic heterocycles. The Morgan fingerprint density at radius 2 is 1.92 bits per heavy atom. The van der Waals surface area contributed by atoms with Crippen LogP contribution in [0.15, 0.2) is 11.1 Å². The Balaban J connectivity index is 3.81. The van der Waals surface area contributed by atoms with Crippen molar-refractivity contribution in [2.24, 2.45) is 5.73 Å². The topological polar surface area (TPSA) is 55.1 Å².